The molecule has 1 heterocycles. The molecule has 0 bridgehead atoms. The minimum Gasteiger partial charge on any atom is -0.325 e. The van der Waals surface area contributed by atoms with Crippen molar-refractivity contribution in [1.82, 2.24) is 9.55 Å². The Labute approximate surface area is 148 Å². The standard InChI is InChI=1S/C18H15ClFN3O2/c1-11-18(25)23(16-5-3-2-4-15(16)21-11)9-8-17(24)22-14-7-6-12(20)10-13(14)19/h2-7,10H,8-9H2,1H3,(H,22,24). The molecule has 0 aliphatic heterocycles. The largest absolute Gasteiger partial charge is 0.325 e. The SMILES string of the molecule is Cc1nc2ccccc2n(CCC(=O)Nc2ccc(F)cc2Cl)c1=O. The van der Waals surface area contributed by atoms with E-state index in [9.17, 15) is 14.0 Å². The zero-order chi connectivity index (χ0) is 18.0. The van der Waals surface area contributed by atoms with Crippen LogP contribution >= 0.6 is 11.6 Å². The Morgan fingerprint density at radius 2 is 2.04 bits per heavy atom. The lowest BCUT2D eigenvalue weighted by atomic mass is 10.2. The van der Waals surface area contributed by atoms with E-state index < -0.39 is 5.82 Å². The quantitative estimate of drug-likeness (QED) is 0.775. The topological polar surface area (TPSA) is 64.0 Å². The van der Waals surface area contributed by atoms with Crippen LogP contribution in [0.15, 0.2) is 47.3 Å². The van der Waals surface area contributed by atoms with Crippen LogP contribution in [0.5, 0.6) is 0 Å². The van der Waals surface area contributed by atoms with Crippen LogP contribution in [0.2, 0.25) is 5.02 Å². The van der Waals surface area contributed by atoms with E-state index in [4.69, 9.17) is 11.6 Å². The number of aromatic nitrogens is 2. The van der Waals surface area contributed by atoms with Crippen LogP contribution in [0.4, 0.5) is 10.1 Å². The number of para-hydroxylation sites is 2. The van der Waals surface area contributed by atoms with E-state index in [0.717, 1.165) is 6.07 Å². The molecule has 3 rings (SSSR count). The summed E-state index contributed by atoms with van der Waals surface area (Å²) in [5.74, 6) is -0.799. The summed E-state index contributed by atoms with van der Waals surface area (Å²) in [7, 11) is 0. The lowest BCUT2D eigenvalue weighted by Gasteiger charge is -2.11. The number of amides is 1. The van der Waals surface area contributed by atoms with Crippen LogP contribution in [0.1, 0.15) is 12.1 Å². The maximum atomic E-state index is 13.0. The van der Waals surface area contributed by atoms with Gasteiger partial charge in [0.15, 0.2) is 0 Å². The summed E-state index contributed by atoms with van der Waals surface area (Å²) < 4.78 is 14.6. The van der Waals surface area contributed by atoms with E-state index in [-0.39, 0.29) is 29.5 Å². The molecule has 0 radical (unpaired) electrons. The molecular formula is C18H15ClFN3O2. The van der Waals surface area contributed by atoms with Gasteiger partial charge in [0, 0.05) is 13.0 Å². The second-order valence-corrected chi connectivity index (χ2v) is 5.97. The molecule has 0 aliphatic carbocycles. The van der Waals surface area contributed by atoms with Gasteiger partial charge in [-0.15, -0.1) is 0 Å². The number of carbonyl (C=O) groups excluding carboxylic acids is 1. The fourth-order valence-corrected chi connectivity index (χ4v) is 2.77. The van der Waals surface area contributed by atoms with Crippen molar-refractivity contribution in [2.45, 2.75) is 19.9 Å². The molecule has 1 amide bonds. The molecule has 25 heavy (non-hydrogen) atoms. The Balaban J connectivity index is 1.79. The molecule has 7 heteroatoms. The number of hydrogen-bond acceptors (Lipinski definition) is 3. The minimum absolute atomic E-state index is 0.0705. The van der Waals surface area contributed by atoms with Crippen molar-refractivity contribution in [2.75, 3.05) is 5.32 Å². The van der Waals surface area contributed by atoms with Crippen LogP contribution in [0.3, 0.4) is 0 Å². The van der Waals surface area contributed by atoms with Gasteiger partial charge in [-0.3, -0.25) is 9.59 Å². The zero-order valence-electron chi connectivity index (χ0n) is 13.4. The van der Waals surface area contributed by atoms with Gasteiger partial charge < -0.3 is 9.88 Å². The van der Waals surface area contributed by atoms with Gasteiger partial charge >= 0.3 is 0 Å². The maximum absolute atomic E-state index is 13.0. The minimum atomic E-state index is -0.478. The smallest absolute Gasteiger partial charge is 0.272 e. The van der Waals surface area contributed by atoms with E-state index in [0.29, 0.717) is 22.4 Å². The van der Waals surface area contributed by atoms with Crippen LogP contribution in [0.25, 0.3) is 11.0 Å². The Hall–Kier alpha value is -2.73. The molecule has 0 spiro atoms. The third-order valence-electron chi connectivity index (χ3n) is 3.78. The molecule has 5 nitrogen and oxygen atoms in total. The van der Waals surface area contributed by atoms with Crippen LogP contribution in [0, 0.1) is 12.7 Å². The summed E-state index contributed by atoms with van der Waals surface area (Å²) in [4.78, 5) is 28.8. The number of halogens is 2. The van der Waals surface area contributed by atoms with Gasteiger partial charge in [0.25, 0.3) is 5.56 Å². The van der Waals surface area contributed by atoms with Gasteiger partial charge in [-0.05, 0) is 37.3 Å². The molecule has 0 atom stereocenters. The van der Waals surface area contributed by atoms with Gasteiger partial charge in [-0.2, -0.15) is 0 Å². The monoisotopic (exact) mass is 359 g/mol. The molecule has 1 aromatic heterocycles. The van der Waals surface area contributed by atoms with Crippen molar-refractivity contribution >= 4 is 34.2 Å². The Morgan fingerprint density at radius 3 is 2.80 bits per heavy atom. The highest BCUT2D eigenvalue weighted by Crippen LogP contribution is 2.22. The van der Waals surface area contributed by atoms with Crippen molar-refractivity contribution in [2.24, 2.45) is 0 Å². The summed E-state index contributed by atoms with van der Waals surface area (Å²) >= 11 is 5.90. The van der Waals surface area contributed by atoms with Crippen molar-refractivity contribution < 1.29 is 9.18 Å². The van der Waals surface area contributed by atoms with E-state index in [1.54, 1.807) is 13.0 Å². The first-order chi connectivity index (χ1) is 12.0. The third-order valence-corrected chi connectivity index (χ3v) is 4.10. The first kappa shape index (κ1) is 17.1. The maximum Gasteiger partial charge on any atom is 0.272 e. The number of anilines is 1. The second-order valence-electron chi connectivity index (χ2n) is 5.57. The number of aryl methyl sites for hydroxylation is 2. The summed E-state index contributed by atoms with van der Waals surface area (Å²) in [6.07, 6.45) is 0.0705. The van der Waals surface area contributed by atoms with Gasteiger partial charge in [-0.1, -0.05) is 23.7 Å². The first-order valence-electron chi connectivity index (χ1n) is 7.67. The molecular weight excluding hydrogens is 345 g/mol. The van der Waals surface area contributed by atoms with Crippen molar-refractivity contribution in [3.63, 3.8) is 0 Å². The normalized spacial score (nSPS) is 10.8. The summed E-state index contributed by atoms with van der Waals surface area (Å²) in [5.41, 5.74) is 1.84. The Bertz CT molecular complexity index is 1020. The highest BCUT2D eigenvalue weighted by atomic mass is 35.5. The Morgan fingerprint density at radius 1 is 1.28 bits per heavy atom. The number of benzene rings is 2. The summed E-state index contributed by atoms with van der Waals surface area (Å²) in [6.45, 7) is 1.84. The highest BCUT2D eigenvalue weighted by Gasteiger charge is 2.11. The van der Waals surface area contributed by atoms with Crippen molar-refractivity contribution in [3.05, 3.63) is 69.4 Å². The highest BCUT2D eigenvalue weighted by molar-refractivity contribution is 6.33. The summed E-state index contributed by atoms with van der Waals surface area (Å²) in [6, 6.07) is 11.0. The molecule has 2 aromatic carbocycles. The first-order valence-corrected chi connectivity index (χ1v) is 8.04. The molecule has 0 saturated carbocycles. The van der Waals surface area contributed by atoms with E-state index in [1.807, 2.05) is 18.2 Å². The van der Waals surface area contributed by atoms with Gasteiger partial charge in [0.05, 0.1) is 21.7 Å². The molecule has 0 aliphatic rings. The third kappa shape index (κ3) is 3.69. The molecule has 0 saturated heterocycles. The summed E-state index contributed by atoms with van der Waals surface area (Å²) in [5, 5.41) is 2.74. The molecule has 3 aromatic rings. The average Bonchev–Trinajstić information content (AvgIpc) is 2.58. The number of nitrogens with one attached hydrogen (secondary N) is 1. The van der Waals surface area contributed by atoms with Crippen LogP contribution < -0.4 is 10.9 Å². The number of rotatable bonds is 4. The predicted octanol–water partition coefficient (Wildman–Crippen LogP) is 3.53. The number of carbonyl (C=O) groups is 1. The fraction of sp³-hybridized carbons (Fsp3) is 0.167. The van der Waals surface area contributed by atoms with Gasteiger partial charge in [-0.25, -0.2) is 9.37 Å². The van der Waals surface area contributed by atoms with E-state index >= 15 is 0 Å². The van der Waals surface area contributed by atoms with Crippen molar-refractivity contribution in [3.8, 4) is 0 Å². The van der Waals surface area contributed by atoms with Gasteiger partial charge in [0.1, 0.15) is 11.5 Å². The number of fused-ring (bicyclic) bond motifs is 1. The predicted molar refractivity (Wildman–Crippen MR) is 95.4 cm³/mol. The number of hydrogen-bond donors (Lipinski definition) is 1. The zero-order valence-corrected chi connectivity index (χ0v) is 14.2. The molecule has 1 N–H and O–H groups in total. The van der Waals surface area contributed by atoms with Gasteiger partial charge in [0.2, 0.25) is 5.91 Å². The molecule has 128 valence electrons. The fourth-order valence-electron chi connectivity index (χ4n) is 2.56. The Kier molecular flexibility index (Phi) is 4.81. The van der Waals surface area contributed by atoms with Crippen molar-refractivity contribution in [1.29, 1.82) is 0 Å². The van der Waals surface area contributed by atoms with Crippen LogP contribution in [-0.2, 0) is 11.3 Å². The molecule has 0 fully saturated rings. The number of nitrogens with zero attached hydrogens (tertiary/aromatic N) is 2. The lowest BCUT2D eigenvalue weighted by Crippen LogP contribution is -2.26. The molecule has 0 unspecified atom stereocenters. The second kappa shape index (κ2) is 7.03. The van der Waals surface area contributed by atoms with E-state index in [1.165, 1.54) is 16.7 Å². The van der Waals surface area contributed by atoms with Crippen LogP contribution in [-0.4, -0.2) is 15.5 Å². The average molecular weight is 360 g/mol. The lowest BCUT2D eigenvalue weighted by molar-refractivity contribution is -0.116. The van der Waals surface area contributed by atoms with E-state index in [2.05, 4.69) is 10.3 Å².